The molecule has 0 N–H and O–H groups in total. The first-order chi connectivity index (χ1) is 13.1. The molecule has 0 atom stereocenters. The molecule has 7 heteroatoms. The molecule has 0 unspecified atom stereocenters. The predicted molar refractivity (Wildman–Crippen MR) is 103 cm³/mol. The van der Waals surface area contributed by atoms with Gasteiger partial charge in [0.15, 0.2) is 0 Å². The topological polar surface area (TPSA) is 75.9 Å². The number of hydrogen-bond donors (Lipinski definition) is 0. The van der Waals surface area contributed by atoms with E-state index >= 15 is 0 Å². The van der Waals surface area contributed by atoms with Crippen LogP contribution in [0.2, 0.25) is 0 Å². The SMILES string of the molecule is COc1ccc([N+](=O)[O-])cc1CN1CCC(C(=O)N2CCCCCC2)CC1. The molecule has 3 rings (SSSR count). The number of carbonyl (C=O) groups is 1. The summed E-state index contributed by atoms with van der Waals surface area (Å²) in [7, 11) is 1.58. The number of nitro groups is 1. The fourth-order valence-corrected chi connectivity index (χ4v) is 4.13. The maximum atomic E-state index is 12.8. The van der Waals surface area contributed by atoms with Crippen molar-refractivity contribution in [3.8, 4) is 5.75 Å². The van der Waals surface area contributed by atoms with Crippen molar-refractivity contribution in [1.29, 1.82) is 0 Å². The molecule has 1 aromatic carbocycles. The smallest absolute Gasteiger partial charge is 0.270 e. The van der Waals surface area contributed by atoms with Crippen molar-refractivity contribution >= 4 is 11.6 Å². The molecule has 0 bridgehead atoms. The van der Waals surface area contributed by atoms with Crippen molar-refractivity contribution in [2.45, 2.75) is 45.1 Å². The Hall–Kier alpha value is -2.15. The summed E-state index contributed by atoms with van der Waals surface area (Å²) in [6.45, 7) is 4.08. The Morgan fingerprint density at radius 1 is 1.15 bits per heavy atom. The summed E-state index contributed by atoms with van der Waals surface area (Å²) < 4.78 is 5.36. The van der Waals surface area contributed by atoms with E-state index in [1.54, 1.807) is 19.2 Å². The molecule has 1 amide bonds. The van der Waals surface area contributed by atoms with Gasteiger partial charge in [-0.15, -0.1) is 0 Å². The fourth-order valence-electron chi connectivity index (χ4n) is 4.13. The lowest BCUT2D eigenvalue weighted by Gasteiger charge is -2.34. The molecule has 148 valence electrons. The number of hydrogen-bond acceptors (Lipinski definition) is 5. The molecule has 27 heavy (non-hydrogen) atoms. The number of carbonyl (C=O) groups excluding carboxylic acids is 1. The molecule has 2 heterocycles. The van der Waals surface area contributed by atoms with E-state index in [2.05, 4.69) is 9.80 Å². The Labute approximate surface area is 160 Å². The number of benzene rings is 1. The highest BCUT2D eigenvalue weighted by Crippen LogP contribution is 2.28. The standard InChI is InChI=1S/C20H29N3O4/c1-27-19-7-6-18(23(25)26)14-17(19)15-21-12-8-16(9-13-21)20(24)22-10-4-2-3-5-11-22/h6-7,14,16H,2-5,8-13,15H2,1H3. The highest BCUT2D eigenvalue weighted by molar-refractivity contribution is 5.79. The first kappa shape index (κ1) is 19.6. The predicted octanol–water partition coefficient (Wildman–Crippen LogP) is 3.22. The van der Waals surface area contributed by atoms with Gasteiger partial charge < -0.3 is 9.64 Å². The number of rotatable bonds is 5. The third-order valence-corrected chi connectivity index (χ3v) is 5.72. The van der Waals surface area contributed by atoms with Crippen LogP contribution >= 0.6 is 0 Å². The maximum Gasteiger partial charge on any atom is 0.270 e. The van der Waals surface area contributed by atoms with Crippen molar-refractivity contribution in [3.05, 3.63) is 33.9 Å². The molecule has 0 aromatic heterocycles. The summed E-state index contributed by atoms with van der Waals surface area (Å²) in [5, 5.41) is 11.0. The summed E-state index contributed by atoms with van der Waals surface area (Å²) in [5.74, 6) is 1.11. The monoisotopic (exact) mass is 375 g/mol. The average Bonchev–Trinajstić information content (AvgIpc) is 2.97. The number of piperidine rings is 1. The number of methoxy groups -OCH3 is 1. The number of nitro benzene ring substituents is 1. The van der Waals surface area contributed by atoms with Crippen LogP contribution in [0.4, 0.5) is 5.69 Å². The van der Waals surface area contributed by atoms with Crippen LogP contribution in [0.25, 0.3) is 0 Å². The number of likely N-dealkylation sites (tertiary alicyclic amines) is 2. The van der Waals surface area contributed by atoms with Gasteiger partial charge in [0.2, 0.25) is 5.91 Å². The Morgan fingerprint density at radius 3 is 2.41 bits per heavy atom. The maximum absolute atomic E-state index is 12.8. The third kappa shape index (κ3) is 4.97. The van der Waals surface area contributed by atoms with Crippen LogP contribution in [0.1, 0.15) is 44.1 Å². The van der Waals surface area contributed by atoms with Gasteiger partial charge in [0.1, 0.15) is 5.75 Å². The molecule has 7 nitrogen and oxygen atoms in total. The molecule has 2 saturated heterocycles. The molecule has 1 aromatic rings. The first-order valence-corrected chi connectivity index (χ1v) is 9.91. The van der Waals surface area contributed by atoms with E-state index in [0.717, 1.165) is 57.4 Å². The third-order valence-electron chi connectivity index (χ3n) is 5.72. The number of non-ortho nitro benzene ring substituents is 1. The van der Waals surface area contributed by atoms with E-state index in [1.165, 1.54) is 18.9 Å². The second kappa shape index (κ2) is 9.17. The minimum absolute atomic E-state index is 0.0806. The van der Waals surface area contributed by atoms with Crippen LogP contribution in [0.3, 0.4) is 0 Å². The van der Waals surface area contributed by atoms with E-state index < -0.39 is 0 Å². The highest BCUT2D eigenvalue weighted by Gasteiger charge is 2.29. The van der Waals surface area contributed by atoms with E-state index in [4.69, 9.17) is 4.74 Å². The summed E-state index contributed by atoms with van der Waals surface area (Å²) >= 11 is 0. The molecule has 0 spiro atoms. The zero-order valence-corrected chi connectivity index (χ0v) is 16.1. The van der Waals surface area contributed by atoms with Gasteiger partial charge in [0.25, 0.3) is 5.69 Å². The van der Waals surface area contributed by atoms with Crippen LogP contribution in [0.15, 0.2) is 18.2 Å². The lowest BCUT2D eigenvalue weighted by molar-refractivity contribution is -0.385. The van der Waals surface area contributed by atoms with Crippen molar-refractivity contribution in [3.63, 3.8) is 0 Å². The molecule has 2 fully saturated rings. The van der Waals surface area contributed by atoms with Gasteiger partial charge in [-0.3, -0.25) is 19.8 Å². The summed E-state index contributed by atoms with van der Waals surface area (Å²) in [6, 6.07) is 4.71. The Kier molecular flexibility index (Phi) is 6.66. The van der Waals surface area contributed by atoms with Gasteiger partial charge in [-0.05, 0) is 44.8 Å². The van der Waals surface area contributed by atoms with Crippen LogP contribution in [-0.4, -0.2) is 53.9 Å². The second-order valence-corrected chi connectivity index (χ2v) is 7.54. The Balaban J connectivity index is 1.57. The Bertz CT molecular complexity index is 663. The lowest BCUT2D eigenvalue weighted by atomic mass is 9.94. The summed E-state index contributed by atoms with van der Waals surface area (Å²) in [4.78, 5) is 27.8. The van der Waals surface area contributed by atoms with Crippen LogP contribution < -0.4 is 4.74 Å². The molecule has 0 saturated carbocycles. The first-order valence-electron chi connectivity index (χ1n) is 9.91. The molecule has 0 radical (unpaired) electrons. The van der Waals surface area contributed by atoms with Crippen LogP contribution in [0.5, 0.6) is 5.75 Å². The molecule has 2 aliphatic rings. The molecular formula is C20H29N3O4. The zero-order chi connectivity index (χ0) is 19.2. The van der Waals surface area contributed by atoms with Crippen molar-refractivity contribution in [1.82, 2.24) is 9.80 Å². The minimum Gasteiger partial charge on any atom is -0.496 e. The fraction of sp³-hybridized carbons (Fsp3) is 0.650. The normalized spacial score (nSPS) is 19.5. The summed E-state index contributed by atoms with van der Waals surface area (Å²) in [6.07, 6.45) is 6.41. The van der Waals surface area contributed by atoms with E-state index in [-0.39, 0.29) is 16.5 Å². The van der Waals surface area contributed by atoms with Crippen LogP contribution in [0, 0.1) is 16.0 Å². The Morgan fingerprint density at radius 2 is 1.81 bits per heavy atom. The van der Waals surface area contributed by atoms with Gasteiger partial charge in [-0.25, -0.2) is 0 Å². The molecular weight excluding hydrogens is 346 g/mol. The van der Waals surface area contributed by atoms with E-state index in [9.17, 15) is 14.9 Å². The van der Waals surface area contributed by atoms with Gasteiger partial charge in [-0.2, -0.15) is 0 Å². The largest absolute Gasteiger partial charge is 0.496 e. The highest BCUT2D eigenvalue weighted by atomic mass is 16.6. The lowest BCUT2D eigenvalue weighted by Crippen LogP contribution is -2.42. The number of amides is 1. The second-order valence-electron chi connectivity index (χ2n) is 7.54. The van der Waals surface area contributed by atoms with E-state index in [0.29, 0.717) is 18.2 Å². The van der Waals surface area contributed by atoms with Crippen LogP contribution in [-0.2, 0) is 11.3 Å². The van der Waals surface area contributed by atoms with Gasteiger partial charge in [0, 0.05) is 43.2 Å². The molecule has 2 aliphatic heterocycles. The van der Waals surface area contributed by atoms with Gasteiger partial charge in [-0.1, -0.05) is 12.8 Å². The van der Waals surface area contributed by atoms with Crippen molar-refractivity contribution in [2.75, 3.05) is 33.3 Å². The quantitative estimate of drug-likeness (QED) is 0.583. The minimum atomic E-state index is -0.380. The average molecular weight is 375 g/mol. The van der Waals surface area contributed by atoms with Crippen molar-refractivity contribution < 1.29 is 14.5 Å². The zero-order valence-electron chi connectivity index (χ0n) is 16.1. The summed E-state index contributed by atoms with van der Waals surface area (Å²) in [5.41, 5.74) is 0.904. The van der Waals surface area contributed by atoms with Gasteiger partial charge in [0.05, 0.1) is 12.0 Å². The number of nitrogens with zero attached hydrogens (tertiary/aromatic N) is 3. The van der Waals surface area contributed by atoms with E-state index in [1.807, 2.05) is 0 Å². The van der Waals surface area contributed by atoms with Crippen molar-refractivity contribution in [2.24, 2.45) is 5.92 Å². The molecule has 0 aliphatic carbocycles. The van der Waals surface area contributed by atoms with Gasteiger partial charge >= 0.3 is 0 Å². The number of ether oxygens (including phenoxy) is 1.